The van der Waals surface area contributed by atoms with E-state index in [1.54, 1.807) is 24.3 Å². The first-order valence-corrected chi connectivity index (χ1v) is 6.30. The molecule has 4 N–H and O–H groups in total. The Balaban J connectivity index is 2.57. The summed E-state index contributed by atoms with van der Waals surface area (Å²) in [6.07, 6.45) is 1.84. The molecular weight excluding hydrogens is 248 g/mol. The third-order valence-corrected chi connectivity index (χ3v) is 2.82. The number of carbonyl (C=O) groups is 1. The number of rotatable bonds is 6. The molecule has 0 radical (unpaired) electrons. The van der Waals surface area contributed by atoms with E-state index in [-0.39, 0.29) is 24.1 Å². The van der Waals surface area contributed by atoms with Gasteiger partial charge >= 0.3 is 0 Å². The van der Waals surface area contributed by atoms with E-state index >= 15 is 0 Å². The maximum absolute atomic E-state index is 11.8. The zero-order valence-corrected chi connectivity index (χ0v) is 11.2. The lowest BCUT2D eigenvalue weighted by Gasteiger charge is -2.16. The van der Waals surface area contributed by atoms with Crippen LogP contribution in [-0.2, 0) is 11.2 Å². The van der Waals surface area contributed by atoms with Gasteiger partial charge in [0.2, 0.25) is 5.91 Å². The van der Waals surface area contributed by atoms with Crippen LogP contribution in [0.3, 0.4) is 0 Å². The van der Waals surface area contributed by atoms with Gasteiger partial charge in [0.1, 0.15) is 5.75 Å². The molecule has 0 saturated carbocycles. The highest BCUT2D eigenvalue weighted by atomic mass is 32.1. The second-order valence-electron chi connectivity index (χ2n) is 4.16. The van der Waals surface area contributed by atoms with Crippen LogP contribution < -0.4 is 11.1 Å². The summed E-state index contributed by atoms with van der Waals surface area (Å²) in [6, 6.07) is 6.37. The van der Waals surface area contributed by atoms with Gasteiger partial charge in [-0.25, -0.2) is 0 Å². The van der Waals surface area contributed by atoms with Crippen molar-refractivity contribution >= 4 is 23.1 Å². The topological polar surface area (TPSA) is 75.3 Å². The lowest BCUT2D eigenvalue weighted by molar-refractivity contribution is -0.120. The highest BCUT2D eigenvalue weighted by Gasteiger charge is 2.14. The quantitative estimate of drug-likeness (QED) is 0.682. The van der Waals surface area contributed by atoms with Gasteiger partial charge in [-0.2, -0.15) is 0 Å². The average Bonchev–Trinajstić information content (AvgIpc) is 2.28. The summed E-state index contributed by atoms with van der Waals surface area (Å²) in [7, 11) is 0. The molecule has 0 spiro atoms. The molecule has 1 rings (SSSR count). The van der Waals surface area contributed by atoms with Crippen LogP contribution in [0.25, 0.3) is 0 Å². The Hall–Kier alpha value is -1.62. The number of nitrogens with two attached hydrogens (primary N) is 1. The first-order valence-electron chi connectivity index (χ1n) is 5.89. The normalized spacial score (nSPS) is 11.8. The molecule has 0 bridgehead atoms. The number of aromatic hydroxyl groups is 1. The van der Waals surface area contributed by atoms with Crippen LogP contribution in [0.1, 0.15) is 25.3 Å². The van der Waals surface area contributed by atoms with Gasteiger partial charge in [0.15, 0.2) is 0 Å². The Bertz CT molecular complexity index is 435. The van der Waals surface area contributed by atoms with Crippen LogP contribution in [-0.4, -0.2) is 22.0 Å². The number of nitrogens with one attached hydrogen (secondary N) is 1. The summed E-state index contributed by atoms with van der Waals surface area (Å²) in [6.45, 7) is 2.01. The molecule has 1 atom stereocenters. The molecule has 0 aliphatic carbocycles. The van der Waals surface area contributed by atoms with Crippen LogP contribution in [0.5, 0.6) is 5.75 Å². The van der Waals surface area contributed by atoms with Gasteiger partial charge in [-0.15, -0.1) is 0 Å². The third kappa shape index (κ3) is 4.71. The second-order valence-corrected chi connectivity index (χ2v) is 4.63. The minimum Gasteiger partial charge on any atom is -0.508 e. The average molecular weight is 266 g/mol. The Morgan fingerprint density at radius 2 is 2.28 bits per heavy atom. The molecule has 5 heteroatoms. The number of carbonyl (C=O) groups excluding carboxylic acids is 1. The highest BCUT2D eigenvalue weighted by Crippen LogP contribution is 2.11. The Morgan fingerprint density at radius 3 is 2.83 bits per heavy atom. The number of hydrogen-bond donors (Lipinski definition) is 3. The van der Waals surface area contributed by atoms with Crippen molar-refractivity contribution in [3.05, 3.63) is 29.8 Å². The molecular formula is C13H18N2O2S. The smallest absolute Gasteiger partial charge is 0.224 e. The molecule has 98 valence electrons. The summed E-state index contributed by atoms with van der Waals surface area (Å²) in [5, 5.41) is 12.1. The summed E-state index contributed by atoms with van der Waals surface area (Å²) in [5.41, 5.74) is 6.32. The molecule has 1 aromatic carbocycles. The van der Waals surface area contributed by atoms with E-state index in [0.717, 1.165) is 18.4 Å². The van der Waals surface area contributed by atoms with Crippen LogP contribution in [0.2, 0.25) is 0 Å². The van der Waals surface area contributed by atoms with Gasteiger partial charge in [0.05, 0.1) is 17.5 Å². The van der Waals surface area contributed by atoms with Crippen LogP contribution in [0, 0.1) is 0 Å². The van der Waals surface area contributed by atoms with E-state index in [1.165, 1.54) is 0 Å². The molecule has 1 aromatic rings. The van der Waals surface area contributed by atoms with Gasteiger partial charge in [-0.3, -0.25) is 4.79 Å². The number of amides is 1. The molecule has 1 unspecified atom stereocenters. The van der Waals surface area contributed by atoms with Crippen molar-refractivity contribution in [2.24, 2.45) is 5.73 Å². The molecule has 0 saturated heterocycles. The van der Waals surface area contributed by atoms with Crippen molar-refractivity contribution in [2.75, 3.05) is 0 Å². The highest BCUT2D eigenvalue weighted by molar-refractivity contribution is 7.80. The Kier molecular flexibility index (Phi) is 5.58. The van der Waals surface area contributed by atoms with E-state index < -0.39 is 0 Å². The first-order chi connectivity index (χ1) is 8.52. The lowest BCUT2D eigenvalue weighted by atomic mass is 10.1. The zero-order chi connectivity index (χ0) is 13.5. The minimum atomic E-state index is -0.255. The fraction of sp³-hybridized carbons (Fsp3) is 0.385. The van der Waals surface area contributed by atoms with Crippen molar-refractivity contribution in [3.8, 4) is 5.75 Å². The lowest BCUT2D eigenvalue weighted by Crippen LogP contribution is -2.43. The molecule has 0 aromatic heterocycles. The monoisotopic (exact) mass is 266 g/mol. The number of phenols is 1. The largest absolute Gasteiger partial charge is 0.508 e. The fourth-order valence-corrected chi connectivity index (χ4v) is 1.85. The summed E-state index contributed by atoms with van der Waals surface area (Å²) in [4.78, 5) is 12.1. The van der Waals surface area contributed by atoms with Gasteiger partial charge in [0, 0.05) is 0 Å². The predicted octanol–water partition coefficient (Wildman–Crippen LogP) is 1.51. The minimum absolute atomic E-state index is 0.146. The van der Waals surface area contributed by atoms with Gasteiger partial charge in [-0.1, -0.05) is 37.7 Å². The van der Waals surface area contributed by atoms with Crippen molar-refractivity contribution in [1.82, 2.24) is 5.32 Å². The van der Waals surface area contributed by atoms with Crippen molar-refractivity contribution in [2.45, 2.75) is 32.2 Å². The van der Waals surface area contributed by atoms with E-state index in [2.05, 4.69) is 5.32 Å². The Labute approximate surface area is 112 Å². The van der Waals surface area contributed by atoms with E-state index in [9.17, 15) is 9.90 Å². The Morgan fingerprint density at radius 1 is 1.56 bits per heavy atom. The van der Waals surface area contributed by atoms with Crippen molar-refractivity contribution in [3.63, 3.8) is 0 Å². The summed E-state index contributed by atoms with van der Waals surface area (Å²) >= 11 is 4.91. The summed E-state index contributed by atoms with van der Waals surface area (Å²) in [5.74, 6) is 0.00611. The van der Waals surface area contributed by atoms with Crippen LogP contribution in [0.4, 0.5) is 0 Å². The number of hydrogen-bond acceptors (Lipinski definition) is 3. The fourth-order valence-electron chi connectivity index (χ4n) is 1.67. The van der Waals surface area contributed by atoms with Crippen molar-refractivity contribution in [1.29, 1.82) is 0 Å². The van der Waals surface area contributed by atoms with Gasteiger partial charge in [0.25, 0.3) is 0 Å². The SMILES string of the molecule is CCCC(NC(=O)Cc1cccc(O)c1)C(N)=S. The predicted molar refractivity (Wildman–Crippen MR) is 75.4 cm³/mol. The molecule has 0 heterocycles. The van der Waals surface area contributed by atoms with Crippen molar-refractivity contribution < 1.29 is 9.90 Å². The van der Waals surface area contributed by atoms with Gasteiger partial charge < -0.3 is 16.2 Å². The molecule has 1 amide bonds. The number of phenolic OH excluding ortho intramolecular Hbond substituents is 1. The molecule has 0 aliphatic heterocycles. The zero-order valence-electron chi connectivity index (χ0n) is 10.3. The maximum atomic E-state index is 11.8. The molecule has 4 nitrogen and oxygen atoms in total. The van der Waals surface area contributed by atoms with E-state index in [1.807, 2.05) is 6.92 Å². The maximum Gasteiger partial charge on any atom is 0.224 e. The standard InChI is InChI=1S/C13H18N2O2S/c1-2-4-11(13(14)18)15-12(17)8-9-5-3-6-10(16)7-9/h3,5-7,11,16H,2,4,8H2,1H3,(H2,14,18)(H,15,17). The first kappa shape index (κ1) is 14.4. The molecule has 0 aliphatic rings. The number of thiocarbonyl (C=S) groups is 1. The summed E-state index contributed by atoms with van der Waals surface area (Å²) < 4.78 is 0. The van der Waals surface area contributed by atoms with Crippen LogP contribution in [0.15, 0.2) is 24.3 Å². The van der Waals surface area contributed by atoms with Crippen LogP contribution >= 0.6 is 12.2 Å². The van der Waals surface area contributed by atoms with E-state index in [0.29, 0.717) is 4.99 Å². The third-order valence-electron chi connectivity index (χ3n) is 2.53. The van der Waals surface area contributed by atoms with Gasteiger partial charge in [-0.05, 0) is 24.1 Å². The number of benzene rings is 1. The molecule has 0 fully saturated rings. The second kappa shape index (κ2) is 6.96. The molecule has 18 heavy (non-hydrogen) atoms. The van der Waals surface area contributed by atoms with E-state index in [4.69, 9.17) is 18.0 Å².